The van der Waals surface area contributed by atoms with Gasteiger partial charge in [-0.2, -0.15) is 0 Å². The minimum Gasteiger partial charge on any atom is -0.352 e. The Balaban J connectivity index is 1.94. The second-order valence-electron chi connectivity index (χ2n) is 4.16. The van der Waals surface area contributed by atoms with Crippen LogP contribution in [0.25, 0.3) is 5.69 Å². The van der Waals surface area contributed by atoms with Gasteiger partial charge in [-0.25, -0.2) is 4.98 Å². The van der Waals surface area contributed by atoms with E-state index >= 15 is 0 Å². The molecule has 1 aromatic carbocycles. The SMILES string of the molecule is CCCC(=O)NCc1ccc(-n2ccnc2)cc1. The van der Waals surface area contributed by atoms with E-state index in [0.29, 0.717) is 13.0 Å². The predicted molar refractivity (Wildman–Crippen MR) is 70.3 cm³/mol. The lowest BCUT2D eigenvalue weighted by Gasteiger charge is -2.06. The molecule has 0 atom stereocenters. The molecule has 1 N–H and O–H groups in total. The zero-order valence-electron chi connectivity index (χ0n) is 10.5. The molecule has 0 saturated heterocycles. The maximum Gasteiger partial charge on any atom is 0.220 e. The highest BCUT2D eigenvalue weighted by Crippen LogP contribution is 2.09. The Kier molecular flexibility index (Phi) is 4.12. The number of nitrogens with zero attached hydrogens (tertiary/aromatic N) is 2. The molecule has 1 amide bonds. The van der Waals surface area contributed by atoms with Crippen LogP contribution < -0.4 is 5.32 Å². The molecule has 0 aliphatic rings. The number of hydrogen-bond acceptors (Lipinski definition) is 2. The van der Waals surface area contributed by atoms with Crippen molar-refractivity contribution in [1.82, 2.24) is 14.9 Å². The van der Waals surface area contributed by atoms with E-state index < -0.39 is 0 Å². The maximum absolute atomic E-state index is 11.3. The number of amides is 1. The van der Waals surface area contributed by atoms with Gasteiger partial charge in [0.2, 0.25) is 5.91 Å². The van der Waals surface area contributed by atoms with Crippen molar-refractivity contribution in [3.05, 3.63) is 48.5 Å². The normalized spacial score (nSPS) is 10.3. The zero-order valence-corrected chi connectivity index (χ0v) is 10.5. The molecule has 4 heteroatoms. The third-order valence-electron chi connectivity index (χ3n) is 2.71. The third kappa shape index (κ3) is 3.20. The summed E-state index contributed by atoms with van der Waals surface area (Å²) in [5, 5.41) is 2.90. The number of aromatic nitrogens is 2. The minimum atomic E-state index is 0.108. The van der Waals surface area contributed by atoms with Crippen molar-refractivity contribution in [2.75, 3.05) is 0 Å². The molecule has 0 fully saturated rings. The molecule has 0 spiro atoms. The first-order chi connectivity index (χ1) is 8.79. The Hall–Kier alpha value is -2.10. The van der Waals surface area contributed by atoms with Gasteiger partial charge in [0.1, 0.15) is 0 Å². The summed E-state index contributed by atoms with van der Waals surface area (Å²) in [7, 11) is 0. The van der Waals surface area contributed by atoms with Crippen molar-refractivity contribution >= 4 is 5.91 Å². The first-order valence-corrected chi connectivity index (χ1v) is 6.13. The van der Waals surface area contributed by atoms with Crippen LogP contribution in [0.5, 0.6) is 0 Å². The van der Waals surface area contributed by atoms with Gasteiger partial charge in [-0.3, -0.25) is 4.79 Å². The number of nitrogens with one attached hydrogen (secondary N) is 1. The molecule has 1 heterocycles. The summed E-state index contributed by atoms with van der Waals surface area (Å²) in [5.41, 5.74) is 2.17. The molecular weight excluding hydrogens is 226 g/mol. The van der Waals surface area contributed by atoms with Gasteiger partial charge in [0, 0.05) is 31.0 Å². The standard InChI is InChI=1S/C14H17N3O/c1-2-3-14(18)16-10-12-4-6-13(7-5-12)17-9-8-15-11-17/h4-9,11H,2-3,10H2,1H3,(H,16,18). The van der Waals surface area contributed by atoms with Crippen LogP contribution in [0, 0.1) is 0 Å². The van der Waals surface area contributed by atoms with Crippen molar-refractivity contribution in [3.8, 4) is 5.69 Å². The van der Waals surface area contributed by atoms with Gasteiger partial charge in [-0.1, -0.05) is 19.1 Å². The highest BCUT2D eigenvalue weighted by Gasteiger charge is 2.00. The van der Waals surface area contributed by atoms with Gasteiger partial charge in [-0.15, -0.1) is 0 Å². The largest absolute Gasteiger partial charge is 0.352 e. The topological polar surface area (TPSA) is 46.9 Å². The Labute approximate surface area is 107 Å². The molecule has 0 unspecified atom stereocenters. The van der Waals surface area contributed by atoms with Crippen molar-refractivity contribution in [2.24, 2.45) is 0 Å². The Morgan fingerprint density at radius 1 is 1.33 bits per heavy atom. The molecule has 1 aromatic heterocycles. The van der Waals surface area contributed by atoms with E-state index in [2.05, 4.69) is 10.3 Å². The summed E-state index contributed by atoms with van der Waals surface area (Å²) in [5.74, 6) is 0.108. The molecule has 2 aromatic rings. The molecule has 0 aliphatic heterocycles. The number of carbonyl (C=O) groups is 1. The van der Waals surface area contributed by atoms with Crippen molar-refractivity contribution in [3.63, 3.8) is 0 Å². The summed E-state index contributed by atoms with van der Waals surface area (Å²) in [6.45, 7) is 2.59. The van der Waals surface area contributed by atoms with Crippen molar-refractivity contribution in [1.29, 1.82) is 0 Å². The summed E-state index contributed by atoms with van der Waals surface area (Å²) < 4.78 is 1.94. The van der Waals surface area contributed by atoms with Crippen LogP contribution in [0.2, 0.25) is 0 Å². The van der Waals surface area contributed by atoms with Crippen LogP contribution in [0.1, 0.15) is 25.3 Å². The Bertz CT molecular complexity index is 488. The van der Waals surface area contributed by atoms with E-state index in [1.807, 2.05) is 42.0 Å². The molecule has 4 nitrogen and oxygen atoms in total. The molecule has 0 radical (unpaired) electrons. The summed E-state index contributed by atoms with van der Waals surface area (Å²) in [4.78, 5) is 15.4. The van der Waals surface area contributed by atoms with E-state index in [0.717, 1.165) is 17.7 Å². The highest BCUT2D eigenvalue weighted by molar-refractivity contribution is 5.75. The van der Waals surface area contributed by atoms with Crippen LogP contribution in [-0.2, 0) is 11.3 Å². The Morgan fingerprint density at radius 3 is 2.72 bits per heavy atom. The van der Waals surface area contributed by atoms with E-state index in [4.69, 9.17) is 0 Å². The van der Waals surface area contributed by atoms with Crippen molar-refractivity contribution < 1.29 is 4.79 Å². The predicted octanol–water partition coefficient (Wildman–Crippen LogP) is 2.29. The number of imidazole rings is 1. The summed E-state index contributed by atoms with van der Waals surface area (Å²) >= 11 is 0. The summed E-state index contributed by atoms with van der Waals surface area (Å²) in [6.07, 6.45) is 6.88. The first-order valence-electron chi connectivity index (χ1n) is 6.13. The number of benzene rings is 1. The van der Waals surface area contributed by atoms with E-state index in [9.17, 15) is 4.79 Å². The first kappa shape index (κ1) is 12.4. The van der Waals surface area contributed by atoms with Gasteiger partial charge in [0.05, 0.1) is 6.33 Å². The molecule has 0 aliphatic carbocycles. The molecule has 18 heavy (non-hydrogen) atoms. The van der Waals surface area contributed by atoms with E-state index in [-0.39, 0.29) is 5.91 Å². The fraction of sp³-hybridized carbons (Fsp3) is 0.286. The number of rotatable bonds is 5. The highest BCUT2D eigenvalue weighted by atomic mass is 16.1. The van der Waals surface area contributed by atoms with Gasteiger partial charge in [0.25, 0.3) is 0 Å². The molecular formula is C14H17N3O. The minimum absolute atomic E-state index is 0.108. The molecule has 0 bridgehead atoms. The lowest BCUT2D eigenvalue weighted by atomic mass is 10.2. The summed E-state index contributed by atoms with van der Waals surface area (Å²) in [6, 6.07) is 8.06. The van der Waals surface area contributed by atoms with Gasteiger partial charge >= 0.3 is 0 Å². The fourth-order valence-corrected chi connectivity index (χ4v) is 1.71. The zero-order chi connectivity index (χ0) is 12.8. The van der Waals surface area contributed by atoms with Crippen molar-refractivity contribution in [2.45, 2.75) is 26.3 Å². The van der Waals surface area contributed by atoms with Crippen LogP contribution in [-0.4, -0.2) is 15.5 Å². The van der Waals surface area contributed by atoms with Crippen LogP contribution >= 0.6 is 0 Å². The molecule has 94 valence electrons. The average Bonchev–Trinajstić information content (AvgIpc) is 2.91. The smallest absolute Gasteiger partial charge is 0.220 e. The lowest BCUT2D eigenvalue weighted by Crippen LogP contribution is -2.21. The fourth-order valence-electron chi connectivity index (χ4n) is 1.71. The third-order valence-corrected chi connectivity index (χ3v) is 2.71. The van der Waals surface area contributed by atoms with E-state index in [1.54, 1.807) is 12.5 Å². The second kappa shape index (κ2) is 6.00. The second-order valence-corrected chi connectivity index (χ2v) is 4.16. The Morgan fingerprint density at radius 2 is 2.11 bits per heavy atom. The van der Waals surface area contributed by atoms with Gasteiger partial charge in [0.15, 0.2) is 0 Å². The van der Waals surface area contributed by atoms with Crippen LogP contribution in [0.3, 0.4) is 0 Å². The quantitative estimate of drug-likeness (QED) is 0.875. The van der Waals surface area contributed by atoms with Crippen LogP contribution in [0.15, 0.2) is 43.0 Å². The maximum atomic E-state index is 11.3. The van der Waals surface area contributed by atoms with E-state index in [1.165, 1.54) is 0 Å². The molecule has 0 saturated carbocycles. The monoisotopic (exact) mass is 243 g/mol. The van der Waals surface area contributed by atoms with Gasteiger partial charge < -0.3 is 9.88 Å². The lowest BCUT2D eigenvalue weighted by molar-refractivity contribution is -0.121. The van der Waals surface area contributed by atoms with Gasteiger partial charge in [-0.05, 0) is 24.1 Å². The molecule has 2 rings (SSSR count). The van der Waals surface area contributed by atoms with Crippen LogP contribution in [0.4, 0.5) is 0 Å². The average molecular weight is 243 g/mol. The number of carbonyl (C=O) groups excluding carboxylic acids is 1. The number of hydrogen-bond donors (Lipinski definition) is 1.